The number of piperazine rings is 1. The molecule has 13 heteroatoms. The number of aromatic nitrogens is 2. The minimum atomic E-state index is -4.33. The molecular weight excluding hydrogens is 424 g/mol. The fourth-order valence-electron chi connectivity index (χ4n) is 4.40. The Balaban J connectivity index is 1.41. The Morgan fingerprint density at radius 3 is 2.13 bits per heavy atom. The molecular formula is C18H22F4N6O3. The maximum Gasteiger partial charge on any atom is 0.408 e. The summed E-state index contributed by atoms with van der Waals surface area (Å²) in [6.45, 7) is -0.498. The molecule has 170 valence electrons. The standard InChI is InChI=1S/C18H22F4N6O3/c19-17(20)10-27(11-18(17,21)22)14(29)13-8-12(9-28(13)16(30)31)25-4-6-26(7-5-25)15-23-2-1-3-24-15/h1-3,12-13H,4-11H2,(H,30,31)/t12-,13-/m0/s1. The van der Waals surface area contributed by atoms with E-state index in [1.165, 1.54) is 0 Å². The maximum absolute atomic E-state index is 13.5. The second-order valence-electron chi connectivity index (χ2n) is 8.02. The van der Waals surface area contributed by atoms with Gasteiger partial charge in [-0.2, -0.15) is 17.6 Å². The zero-order valence-electron chi connectivity index (χ0n) is 16.5. The normalized spacial score (nSPS) is 28.2. The third-order valence-electron chi connectivity index (χ3n) is 6.10. The molecule has 9 nitrogen and oxygen atoms in total. The number of nitrogens with zero attached hydrogens (tertiary/aromatic N) is 6. The van der Waals surface area contributed by atoms with E-state index in [4.69, 9.17) is 0 Å². The third kappa shape index (κ3) is 3.98. The van der Waals surface area contributed by atoms with Gasteiger partial charge >= 0.3 is 17.9 Å². The minimum Gasteiger partial charge on any atom is -0.465 e. The first-order valence-corrected chi connectivity index (χ1v) is 9.89. The summed E-state index contributed by atoms with van der Waals surface area (Å²) in [6, 6.07) is 0.136. The Hall–Kier alpha value is -2.70. The number of carbonyl (C=O) groups excluding carboxylic acids is 1. The quantitative estimate of drug-likeness (QED) is 0.688. The van der Waals surface area contributed by atoms with Gasteiger partial charge in [0, 0.05) is 51.2 Å². The van der Waals surface area contributed by atoms with Gasteiger partial charge in [-0.25, -0.2) is 14.8 Å². The van der Waals surface area contributed by atoms with Crippen LogP contribution in [0.1, 0.15) is 6.42 Å². The molecule has 0 aliphatic carbocycles. The first-order chi connectivity index (χ1) is 14.6. The van der Waals surface area contributed by atoms with Crippen LogP contribution in [0.2, 0.25) is 0 Å². The lowest BCUT2D eigenvalue weighted by molar-refractivity contribution is -0.172. The first-order valence-electron chi connectivity index (χ1n) is 9.89. The van der Waals surface area contributed by atoms with E-state index in [2.05, 4.69) is 9.97 Å². The molecule has 31 heavy (non-hydrogen) atoms. The molecule has 0 unspecified atom stereocenters. The average molecular weight is 446 g/mol. The van der Waals surface area contributed by atoms with E-state index in [-0.39, 0.29) is 19.0 Å². The molecule has 2 atom stereocenters. The maximum atomic E-state index is 13.5. The van der Waals surface area contributed by atoms with Crippen molar-refractivity contribution < 1.29 is 32.3 Å². The minimum absolute atomic E-state index is 0.00814. The Labute approximate surface area is 175 Å². The number of hydrogen-bond acceptors (Lipinski definition) is 6. The number of carboxylic acid groups (broad SMARTS) is 1. The topological polar surface area (TPSA) is 93.1 Å². The van der Waals surface area contributed by atoms with Gasteiger partial charge in [0.1, 0.15) is 6.04 Å². The highest BCUT2D eigenvalue weighted by Gasteiger charge is 2.64. The fraction of sp³-hybridized carbons (Fsp3) is 0.667. The van der Waals surface area contributed by atoms with Crippen LogP contribution in [0.4, 0.5) is 28.3 Å². The van der Waals surface area contributed by atoms with E-state index in [0.717, 1.165) is 4.90 Å². The van der Waals surface area contributed by atoms with Crippen LogP contribution in [0.5, 0.6) is 0 Å². The predicted octanol–water partition coefficient (Wildman–Crippen LogP) is 0.832. The van der Waals surface area contributed by atoms with Gasteiger partial charge in [0.25, 0.3) is 0 Å². The summed E-state index contributed by atoms with van der Waals surface area (Å²) in [7, 11) is 0. The Bertz CT molecular complexity index is 821. The van der Waals surface area contributed by atoms with Crippen molar-refractivity contribution in [3.05, 3.63) is 18.5 Å². The molecule has 3 fully saturated rings. The van der Waals surface area contributed by atoms with Crippen LogP contribution < -0.4 is 4.90 Å². The second-order valence-corrected chi connectivity index (χ2v) is 8.02. The summed E-state index contributed by atoms with van der Waals surface area (Å²) in [5, 5.41) is 9.50. The first kappa shape index (κ1) is 21.5. The number of hydrogen-bond donors (Lipinski definition) is 1. The Morgan fingerprint density at radius 1 is 1.00 bits per heavy atom. The fourth-order valence-corrected chi connectivity index (χ4v) is 4.40. The van der Waals surface area contributed by atoms with Gasteiger partial charge in [-0.3, -0.25) is 14.6 Å². The Morgan fingerprint density at radius 2 is 1.58 bits per heavy atom. The van der Waals surface area contributed by atoms with Gasteiger partial charge in [0.05, 0.1) is 13.1 Å². The van der Waals surface area contributed by atoms with Gasteiger partial charge in [-0.05, 0) is 12.5 Å². The van der Waals surface area contributed by atoms with Crippen molar-refractivity contribution in [2.75, 3.05) is 50.7 Å². The van der Waals surface area contributed by atoms with Crippen molar-refractivity contribution in [3.63, 3.8) is 0 Å². The summed E-state index contributed by atoms with van der Waals surface area (Å²) < 4.78 is 54.1. The van der Waals surface area contributed by atoms with Crippen LogP contribution in [-0.2, 0) is 4.79 Å². The molecule has 4 rings (SSSR count). The van der Waals surface area contributed by atoms with Crippen molar-refractivity contribution >= 4 is 17.9 Å². The van der Waals surface area contributed by atoms with Crippen molar-refractivity contribution in [1.29, 1.82) is 0 Å². The average Bonchev–Trinajstić information content (AvgIpc) is 3.27. The van der Waals surface area contributed by atoms with Crippen LogP contribution in [0.15, 0.2) is 18.5 Å². The van der Waals surface area contributed by atoms with Gasteiger partial charge in [-0.1, -0.05) is 0 Å². The van der Waals surface area contributed by atoms with Gasteiger partial charge in [-0.15, -0.1) is 0 Å². The molecule has 0 spiro atoms. The lowest BCUT2D eigenvalue weighted by Crippen LogP contribution is -2.51. The van der Waals surface area contributed by atoms with E-state index in [0.29, 0.717) is 37.0 Å². The molecule has 0 saturated carbocycles. The molecule has 4 heterocycles. The van der Waals surface area contributed by atoms with Crippen LogP contribution >= 0.6 is 0 Å². The molecule has 1 N–H and O–H groups in total. The van der Waals surface area contributed by atoms with Crippen LogP contribution in [0.3, 0.4) is 0 Å². The van der Waals surface area contributed by atoms with Crippen molar-refractivity contribution in [2.45, 2.75) is 30.3 Å². The molecule has 3 aliphatic heterocycles. The van der Waals surface area contributed by atoms with Crippen LogP contribution in [0, 0.1) is 0 Å². The summed E-state index contributed by atoms with van der Waals surface area (Å²) in [4.78, 5) is 38.0. The summed E-state index contributed by atoms with van der Waals surface area (Å²) in [6.07, 6.45) is 1.96. The number of alkyl halides is 4. The van der Waals surface area contributed by atoms with E-state index >= 15 is 0 Å². The van der Waals surface area contributed by atoms with Crippen molar-refractivity contribution in [2.24, 2.45) is 0 Å². The zero-order valence-corrected chi connectivity index (χ0v) is 16.5. The molecule has 0 radical (unpaired) electrons. The monoisotopic (exact) mass is 446 g/mol. The highest BCUT2D eigenvalue weighted by molar-refractivity contribution is 5.86. The summed E-state index contributed by atoms with van der Waals surface area (Å²) in [5.41, 5.74) is 0. The number of rotatable bonds is 3. The van der Waals surface area contributed by atoms with Gasteiger partial charge < -0.3 is 14.9 Å². The van der Waals surface area contributed by atoms with Gasteiger partial charge in [0.2, 0.25) is 11.9 Å². The van der Waals surface area contributed by atoms with E-state index in [9.17, 15) is 32.3 Å². The highest BCUT2D eigenvalue weighted by atomic mass is 19.3. The van der Waals surface area contributed by atoms with E-state index in [1.54, 1.807) is 18.5 Å². The molecule has 3 aliphatic rings. The van der Waals surface area contributed by atoms with Crippen LogP contribution in [-0.4, -0.2) is 112 Å². The highest BCUT2D eigenvalue weighted by Crippen LogP contribution is 2.41. The third-order valence-corrected chi connectivity index (χ3v) is 6.10. The Kier molecular flexibility index (Phi) is 5.40. The second kappa shape index (κ2) is 7.77. The number of anilines is 1. The number of amides is 2. The molecule has 1 aromatic rings. The molecule has 1 aromatic heterocycles. The molecule has 0 bridgehead atoms. The number of halogens is 4. The summed E-state index contributed by atoms with van der Waals surface area (Å²) in [5.74, 6) is -9.07. The number of likely N-dealkylation sites (tertiary alicyclic amines) is 2. The molecule has 2 amide bonds. The lowest BCUT2D eigenvalue weighted by Gasteiger charge is -2.37. The summed E-state index contributed by atoms with van der Waals surface area (Å²) >= 11 is 0. The van der Waals surface area contributed by atoms with Crippen molar-refractivity contribution in [1.82, 2.24) is 24.7 Å². The van der Waals surface area contributed by atoms with E-state index in [1.807, 2.05) is 9.80 Å². The molecule has 0 aromatic carbocycles. The zero-order chi connectivity index (χ0) is 22.4. The smallest absolute Gasteiger partial charge is 0.408 e. The van der Waals surface area contributed by atoms with Crippen LogP contribution in [0.25, 0.3) is 0 Å². The predicted molar refractivity (Wildman–Crippen MR) is 99.2 cm³/mol. The van der Waals surface area contributed by atoms with Crippen molar-refractivity contribution in [3.8, 4) is 0 Å². The van der Waals surface area contributed by atoms with Gasteiger partial charge in [0.15, 0.2) is 0 Å². The SMILES string of the molecule is O=C([C@@H]1C[C@H](N2CCN(c3ncccn3)CC2)CN1C(=O)O)N1CC(F)(F)C(F)(F)C1. The largest absolute Gasteiger partial charge is 0.465 e. The number of carbonyl (C=O) groups is 2. The molecule has 3 saturated heterocycles. The lowest BCUT2D eigenvalue weighted by atomic mass is 10.1. The van der Waals surface area contributed by atoms with E-state index < -0.39 is 43.0 Å².